The number of hydrogen-bond donors (Lipinski definition) is 1. The van der Waals surface area contributed by atoms with Gasteiger partial charge in [0.2, 0.25) is 5.91 Å². The highest BCUT2D eigenvalue weighted by Crippen LogP contribution is 2.41. The van der Waals surface area contributed by atoms with Crippen molar-refractivity contribution < 1.29 is 18.7 Å². The molecule has 2 aromatic carbocycles. The summed E-state index contributed by atoms with van der Waals surface area (Å²) in [5, 5.41) is 2.18. The lowest BCUT2D eigenvalue weighted by Gasteiger charge is -2.27. The Labute approximate surface area is 197 Å². The highest BCUT2D eigenvalue weighted by molar-refractivity contribution is 7.99. The number of halogens is 1. The number of rotatable bonds is 6. The zero-order valence-corrected chi connectivity index (χ0v) is 19.4. The van der Waals surface area contributed by atoms with Crippen molar-refractivity contribution in [2.45, 2.75) is 18.7 Å². The van der Waals surface area contributed by atoms with E-state index in [2.05, 4.69) is 16.3 Å². The molecular weight excluding hydrogens is 441 g/mol. The predicted molar refractivity (Wildman–Crippen MR) is 128 cm³/mol. The van der Waals surface area contributed by atoms with Gasteiger partial charge in [-0.15, -0.1) is 11.8 Å². The van der Waals surface area contributed by atoms with Crippen molar-refractivity contribution in [2.24, 2.45) is 0 Å². The van der Waals surface area contributed by atoms with Crippen molar-refractivity contribution in [1.82, 2.24) is 15.1 Å². The first kappa shape index (κ1) is 23.3. The normalized spacial score (nSPS) is 18.7. The van der Waals surface area contributed by atoms with Crippen molar-refractivity contribution in [3.8, 4) is 5.75 Å². The smallest absolute Gasteiger partial charge is 0.325 e. The number of benzene rings is 2. The predicted octanol–water partition coefficient (Wildman–Crippen LogP) is 4.30. The van der Waals surface area contributed by atoms with Gasteiger partial charge in [-0.2, -0.15) is 0 Å². The molecule has 6 nitrogen and oxygen atoms in total. The van der Waals surface area contributed by atoms with Crippen LogP contribution in [0.5, 0.6) is 5.75 Å². The summed E-state index contributed by atoms with van der Waals surface area (Å²) in [5.74, 6) is 0.987. The standard InChI is InChI=1S/C25H28FN3O3S/c1-18(30)27-25(31)29-14-16-33-24(29)22-7-2-3-8-23(22)32-15-13-28-11-9-19(10-12-28)20-5-4-6-21(26)17-20/h2-9,17,24H,10-16H2,1H3,(H,27,30,31). The van der Waals surface area contributed by atoms with Crippen LogP contribution >= 0.6 is 11.8 Å². The third-order valence-corrected chi connectivity index (χ3v) is 7.02. The van der Waals surface area contributed by atoms with Gasteiger partial charge >= 0.3 is 6.03 Å². The van der Waals surface area contributed by atoms with E-state index in [1.165, 1.54) is 18.6 Å². The van der Waals surface area contributed by atoms with Gasteiger partial charge in [-0.05, 0) is 35.8 Å². The number of hydrogen-bond acceptors (Lipinski definition) is 5. The van der Waals surface area contributed by atoms with Crippen molar-refractivity contribution in [3.63, 3.8) is 0 Å². The van der Waals surface area contributed by atoms with E-state index >= 15 is 0 Å². The molecule has 1 fully saturated rings. The monoisotopic (exact) mass is 469 g/mol. The molecule has 2 aromatic rings. The Morgan fingerprint density at radius 2 is 2.03 bits per heavy atom. The lowest BCUT2D eigenvalue weighted by molar-refractivity contribution is -0.118. The molecule has 0 aliphatic carbocycles. The van der Waals surface area contributed by atoms with Crippen LogP contribution < -0.4 is 10.1 Å². The second-order valence-electron chi connectivity index (χ2n) is 8.08. The van der Waals surface area contributed by atoms with E-state index < -0.39 is 0 Å². The molecule has 33 heavy (non-hydrogen) atoms. The lowest BCUT2D eigenvalue weighted by Crippen LogP contribution is -2.41. The lowest BCUT2D eigenvalue weighted by atomic mass is 9.99. The van der Waals surface area contributed by atoms with Gasteiger partial charge in [-0.25, -0.2) is 9.18 Å². The fourth-order valence-electron chi connectivity index (χ4n) is 4.12. The van der Waals surface area contributed by atoms with Crippen LogP contribution in [0.15, 0.2) is 54.6 Å². The fraction of sp³-hybridized carbons (Fsp3) is 0.360. The van der Waals surface area contributed by atoms with E-state index in [0.717, 1.165) is 48.7 Å². The number of amides is 3. The number of nitrogens with one attached hydrogen (secondary N) is 1. The highest BCUT2D eigenvalue weighted by Gasteiger charge is 2.33. The number of nitrogens with zero attached hydrogens (tertiary/aromatic N) is 2. The van der Waals surface area contributed by atoms with Crippen LogP contribution in [0.2, 0.25) is 0 Å². The van der Waals surface area contributed by atoms with Gasteiger partial charge in [0.15, 0.2) is 0 Å². The summed E-state index contributed by atoms with van der Waals surface area (Å²) >= 11 is 1.66. The van der Waals surface area contributed by atoms with Gasteiger partial charge in [0.25, 0.3) is 0 Å². The van der Waals surface area contributed by atoms with Gasteiger partial charge in [-0.1, -0.05) is 36.4 Å². The summed E-state index contributed by atoms with van der Waals surface area (Å²) < 4.78 is 19.6. The maximum absolute atomic E-state index is 13.5. The molecule has 4 rings (SSSR count). The largest absolute Gasteiger partial charge is 0.492 e. The molecule has 1 atom stereocenters. The van der Waals surface area contributed by atoms with Crippen LogP contribution in [-0.4, -0.2) is 60.3 Å². The minimum atomic E-state index is -0.374. The molecule has 0 spiro atoms. The second-order valence-corrected chi connectivity index (χ2v) is 9.27. The van der Waals surface area contributed by atoms with Crippen molar-refractivity contribution >= 4 is 29.3 Å². The van der Waals surface area contributed by atoms with Crippen molar-refractivity contribution in [2.75, 3.05) is 38.5 Å². The zero-order valence-electron chi connectivity index (χ0n) is 18.6. The summed E-state index contributed by atoms with van der Waals surface area (Å²) in [5.41, 5.74) is 3.07. The first-order valence-electron chi connectivity index (χ1n) is 11.1. The van der Waals surface area contributed by atoms with E-state index in [0.29, 0.717) is 13.2 Å². The van der Waals surface area contributed by atoms with Crippen LogP contribution in [0.25, 0.3) is 5.57 Å². The van der Waals surface area contributed by atoms with E-state index in [9.17, 15) is 14.0 Å². The number of carbonyl (C=O) groups is 2. The Morgan fingerprint density at radius 1 is 1.18 bits per heavy atom. The van der Waals surface area contributed by atoms with E-state index in [-0.39, 0.29) is 23.1 Å². The summed E-state index contributed by atoms with van der Waals surface area (Å²) in [7, 11) is 0. The van der Waals surface area contributed by atoms with Crippen LogP contribution in [0.4, 0.5) is 9.18 Å². The van der Waals surface area contributed by atoms with Gasteiger partial charge in [0, 0.05) is 44.4 Å². The number of para-hydroxylation sites is 1. The molecule has 2 aliphatic heterocycles. The molecule has 2 aliphatic rings. The third kappa shape index (κ3) is 5.94. The SMILES string of the molecule is CC(=O)NC(=O)N1CCSC1c1ccccc1OCCN1CC=C(c2cccc(F)c2)CC1. The average molecular weight is 470 g/mol. The second kappa shape index (κ2) is 10.9. The molecule has 8 heteroatoms. The molecule has 0 radical (unpaired) electrons. The van der Waals surface area contributed by atoms with Crippen LogP contribution in [-0.2, 0) is 4.79 Å². The fourth-order valence-corrected chi connectivity index (χ4v) is 5.40. The minimum absolute atomic E-state index is 0.188. The number of carbonyl (C=O) groups excluding carboxylic acids is 2. The number of ether oxygens (including phenoxy) is 1. The molecular formula is C25H28FN3O3S. The van der Waals surface area contributed by atoms with Crippen molar-refractivity contribution in [1.29, 1.82) is 0 Å². The van der Waals surface area contributed by atoms with Crippen molar-refractivity contribution in [3.05, 3.63) is 71.6 Å². The quantitative estimate of drug-likeness (QED) is 0.684. The Kier molecular flexibility index (Phi) is 7.67. The van der Waals surface area contributed by atoms with Gasteiger partial charge < -0.3 is 9.64 Å². The molecule has 1 unspecified atom stereocenters. The molecule has 2 heterocycles. The van der Waals surface area contributed by atoms with E-state index in [1.807, 2.05) is 30.3 Å². The Bertz CT molecular complexity index is 1050. The summed E-state index contributed by atoms with van der Waals surface area (Å²) in [6, 6.07) is 14.1. The first-order valence-corrected chi connectivity index (χ1v) is 12.1. The molecule has 0 bridgehead atoms. The molecule has 0 saturated carbocycles. The van der Waals surface area contributed by atoms with Crippen LogP contribution in [0.3, 0.4) is 0 Å². The Balaban J connectivity index is 1.34. The number of thioether (sulfide) groups is 1. The number of imide groups is 1. The van der Waals surface area contributed by atoms with Crippen LogP contribution in [0.1, 0.15) is 29.8 Å². The molecule has 174 valence electrons. The van der Waals surface area contributed by atoms with E-state index in [4.69, 9.17) is 4.74 Å². The summed E-state index contributed by atoms with van der Waals surface area (Å²) in [6.45, 7) is 4.91. The van der Waals surface area contributed by atoms with Gasteiger partial charge in [0.05, 0.1) is 0 Å². The van der Waals surface area contributed by atoms with Crippen LogP contribution in [0, 0.1) is 5.82 Å². The Morgan fingerprint density at radius 3 is 2.79 bits per heavy atom. The average Bonchev–Trinajstić information content (AvgIpc) is 3.29. The van der Waals surface area contributed by atoms with Gasteiger partial charge in [-0.3, -0.25) is 15.0 Å². The third-order valence-electron chi connectivity index (χ3n) is 5.77. The molecule has 3 amide bonds. The Hall–Kier alpha value is -2.84. The topological polar surface area (TPSA) is 61.9 Å². The zero-order chi connectivity index (χ0) is 23.2. The highest BCUT2D eigenvalue weighted by atomic mass is 32.2. The summed E-state index contributed by atoms with van der Waals surface area (Å²) in [6.07, 6.45) is 3.03. The molecule has 1 saturated heterocycles. The van der Waals surface area contributed by atoms with E-state index in [1.54, 1.807) is 28.8 Å². The first-order chi connectivity index (χ1) is 16.0. The molecule has 1 N–H and O–H groups in total. The number of urea groups is 1. The van der Waals surface area contributed by atoms with Gasteiger partial charge in [0.1, 0.15) is 23.5 Å². The maximum Gasteiger partial charge on any atom is 0.325 e. The summed E-state index contributed by atoms with van der Waals surface area (Å²) in [4.78, 5) is 27.7. The maximum atomic E-state index is 13.5. The minimum Gasteiger partial charge on any atom is -0.492 e. The molecule has 0 aromatic heterocycles.